The lowest BCUT2D eigenvalue weighted by molar-refractivity contribution is -0.127. The van der Waals surface area contributed by atoms with Gasteiger partial charge in [-0.25, -0.2) is 4.79 Å². The number of ether oxygens (including phenoxy) is 1. The molecule has 0 radical (unpaired) electrons. The molecule has 5 nitrogen and oxygen atoms in total. The molecule has 3 rings (SSSR count). The summed E-state index contributed by atoms with van der Waals surface area (Å²) in [5.41, 5.74) is 1.47. The fraction of sp³-hybridized carbons (Fsp3) is 0.417. The Labute approximate surface area is 183 Å². The highest BCUT2D eigenvalue weighted by Gasteiger charge is 2.31. The van der Waals surface area contributed by atoms with Gasteiger partial charge in [-0.3, -0.25) is 4.79 Å². The van der Waals surface area contributed by atoms with Crippen LogP contribution < -0.4 is 5.32 Å². The number of likely N-dealkylation sites (tertiary alicyclic amines) is 1. The lowest BCUT2D eigenvalue weighted by atomic mass is 9.93. The van der Waals surface area contributed by atoms with E-state index in [-0.39, 0.29) is 24.0 Å². The van der Waals surface area contributed by atoms with Crippen LogP contribution in [0.5, 0.6) is 0 Å². The molecule has 2 aromatic rings. The highest BCUT2D eigenvalue weighted by Crippen LogP contribution is 2.26. The van der Waals surface area contributed by atoms with E-state index >= 15 is 0 Å². The molecule has 1 heterocycles. The van der Waals surface area contributed by atoms with Crippen LogP contribution in [-0.2, 0) is 9.53 Å². The minimum atomic E-state index is -0.521. The van der Waals surface area contributed by atoms with E-state index in [0.29, 0.717) is 31.0 Å². The average molecular weight is 429 g/mol. The third kappa shape index (κ3) is 5.99. The predicted molar refractivity (Wildman–Crippen MR) is 118 cm³/mol. The van der Waals surface area contributed by atoms with Crippen molar-refractivity contribution in [1.29, 1.82) is 0 Å². The molecule has 0 spiro atoms. The SMILES string of the molecule is CC(C)(C)OC(=O)N1CCC(C(=O)NC(c2ccccc2)c2ccc(Cl)cc2)CC1. The lowest BCUT2D eigenvalue weighted by Gasteiger charge is -2.33. The number of nitrogens with zero attached hydrogens (tertiary/aromatic N) is 1. The molecule has 1 N–H and O–H groups in total. The second kappa shape index (κ2) is 9.52. The number of hydrogen-bond acceptors (Lipinski definition) is 3. The maximum Gasteiger partial charge on any atom is 0.410 e. The number of nitrogens with one attached hydrogen (secondary N) is 1. The van der Waals surface area contributed by atoms with E-state index in [2.05, 4.69) is 5.32 Å². The molecule has 160 valence electrons. The van der Waals surface area contributed by atoms with Gasteiger partial charge in [-0.2, -0.15) is 0 Å². The summed E-state index contributed by atoms with van der Waals surface area (Å²) in [5.74, 6) is -0.134. The van der Waals surface area contributed by atoms with E-state index in [4.69, 9.17) is 16.3 Å². The summed E-state index contributed by atoms with van der Waals surface area (Å²) in [6.07, 6.45) is 0.921. The monoisotopic (exact) mass is 428 g/mol. The summed E-state index contributed by atoms with van der Waals surface area (Å²) in [6.45, 7) is 6.59. The molecule has 0 aromatic heterocycles. The van der Waals surface area contributed by atoms with Crippen LogP contribution in [0.25, 0.3) is 0 Å². The van der Waals surface area contributed by atoms with Crippen LogP contribution in [0.4, 0.5) is 4.79 Å². The molecule has 0 aliphatic carbocycles. The molecule has 0 saturated carbocycles. The molecule has 1 atom stereocenters. The first-order valence-corrected chi connectivity index (χ1v) is 10.7. The second-order valence-corrected chi connectivity index (χ2v) is 9.08. The minimum Gasteiger partial charge on any atom is -0.444 e. The first kappa shape index (κ1) is 22.2. The smallest absolute Gasteiger partial charge is 0.410 e. The summed E-state index contributed by atoms with van der Waals surface area (Å²) in [4.78, 5) is 27.0. The first-order valence-electron chi connectivity index (χ1n) is 10.3. The van der Waals surface area contributed by atoms with Crippen molar-refractivity contribution in [3.05, 3.63) is 70.7 Å². The van der Waals surface area contributed by atoms with Crippen LogP contribution >= 0.6 is 11.6 Å². The zero-order valence-electron chi connectivity index (χ0n) is 17.7. The minimum absolute atomic E-state index is 0.00245. The fourth-order valence-electron chi connectivity index (χ4n) is 3.57. The number of amides is 2. The lowest BCUT2D eigenvalue weighted by Crippen LogP contribution is -2.45. The van der Waals surface area contributed by atoms with E-state index in [9.17, 15) is 9.59 Å². The van der Waals surface area contributed by atoms with E-state index in [1.807, 2.05) is 75.4 Å². The van der Waals surface area contributed by atoms with Crippen molar-refractivity contribution in [2.24, 2.45) is 5.92 Å². The van der Waals surface area contributed by atoms with Crippen molar-refractivity contribution in [3.63, 3.8) is 0 Å². The van der Waals surface area contributed by atoms with Crippen molar-refractivity contribution < 1.29 is 14.3 Å². The van der Waals surface area contributed by atoms with Gasteiger partial charge in [0.05, 0.1) is 6.04 Å². The van der Waals surface area contributed by atoms with E-state index < -0.39 is 5.60 Å². The van der Waals surface area contributed by atoms with E-state index in [0.717, 1.165) is 11.1 Å². The number of benzene rings is 2. The molecule has 2 aromatic carbocycles. The normalized spacial score (nSPS) is 16.1. The van der Waals surface area contributed by atoms with Crippen LogP contribution in [0, 0.1) is 5.92 Å². The Morgan fingerprint density at radius 2 is 1.57 bits per heavy atom. The Kier molecular flexibility index (Phi) is 7.03. The largest absolute Gasteiger partial charge is 0.444 e. The summed E-state index contributed by atoms with van der Waals surface area (Å²) in [7, 11) is 0. The molecule has 6 heteroatoms. The van der Waals surface area contributed by atoms with E-state index in [1.54, 1.807) is 4.90 Å². The van der Waals surface area contributed by atoms with Crippen molar-refractivity contribution in [2.75, 3.05) is 13.1 Å². The molecule has 30 heavy (non-hydrogen) atoms. The Balaban J connectivity index is 1.65. The van der Waals surface area contributed by atoms with Gasteiger partial charge >= 0.3 is 6.09 Å². The number of piperidine rings is 1. The quantitative estimate of drug-likeness (QED) is 0.728. The zero-order chi connectivity index (χ0) is 21.7. The van der Waals surface area contributed by atoms with Gasteiger partial charge < -0.3 is 15.0 Å². The van der Waals surface area contributed by atoms with Gasteiger partial charge in [0.25, 0.3) is 0 Å². The summed E-state index contributed by atoms with van der Waals surface area (Å²) in [5, 5.41) is 3.86. The standard InChI is InChI=1S/C24H29ClN2O3/c1-24(2,3)30-23(29)27-15-13-19(14-16-27)22(28)26-21(17-7-5-4-6-8-17)18-9-11-20(25)12-10-18/h4-12,19,21H,13-16H2,1-3H3,(H,26,28). The maximum absolute atomic E-state index is 13.1. The Morgan fingerprint density at radius 3 is 2.13 bits per heavy atom. The molecule has 1 aliphatic heterocycles. The number of hydrogen-bond donors (Lipinski definition) is 1. The van der Waals surface area contributed by atoms with Crippen LogP contribution in [0.3, 0.4) is 0 Å². The highest BCUT2D eigenvalue weighted by molar-refractivity contribution is 6.30. The van der Waals surface area contributed by atoms with Gasteiger partial charge in [-0.1, -0.05) is 54.1 Å². The Morgan fingerprint density at radius 1 is 1.00 bits per heavy atom. The molecular weight excluding hydrogens is 400 g/mol. The Hall–Kier alpha value is -2.53. The van der Waals surface area contributed by atoms with Crippen LogP contribution in [0.15, 0.2) is 54.6 Å². The van der Waals surface area contributed by atoms with Crippen molar-refractivity contribution in [1.82, 2.24) is 10.2 Å². The van der Waals surface area contributed by atoms with Gasteiger partial charge in [0.2, 0.25) is 5.91 Å². The summed E-state index contributed by atoms with van der Waals surface area (Å²) >= 11 is 6.04. The van der Waals surface area contributed by atoms with Gasteiger partial charge in [0.1, 0.15) is 5.60 Å². The maximum atomic E-state index is 13.1. The Bertz CT molecular complexity index is 854. The topological polar surface area (TPSA) is 58.6 Å². The molecule has 1 saturated heterocycles. The molecule has 0 bridgehead atoms. The molecule has 1 unspecified atom stereocenters. The average Bonchev–Trinajstić information content (AvgIpc) is 2.72. The van der Waals surface area contributed by atoms with Crippen molar-refractivity contribution >= 4 is 23.6 Å². The fourth-order valence-corrected chi connectivity index (χ4v) is 3.70. The van der Waals surface area contributed by atoms with Crippen LogP contribution in [-0.4, -0.2) is 35.6 Å². The number of rotatable bonds is 4. The van der Waals surface area contributed by atoms with Crippen molar-refractivity contribution in [2.45, 2.75) is 45.3 Å². The van der Waals surface area contributed by atoms with E-state index in [1.165, 1.54) is 0 Å². The predicted octanol–water partition coefficient (Wildman–Crippen LogP) is 5.19. The van der Waals surface area contributed by atoms with Crippen LogP contribution in [0.1, 0.15) is 50.8 Å². The van der Waals surface area contributed by atoms with Crippen molar-refractivity contribution in [3.8, 4) is 0 Å². The zero-order valence-corrected chi connectivity index (χ0v) is 18.5. The number of carbonyl (C=O) groups is 2. The molecule has 1 aliphatic rings. The second-order valence-electron chi connectivity index (χ2n) is 8.65. The summed E-state index contributed by atoms with van der Waals surface area (Å²) < 4.78 is 5.44. The third-order valence-corrected chi connectivity index (χ3v) is 5.39. The molecule has 1 fully saturated rings. The van der Waals surface area contributed by atoms with Gasteiger partial charge in [0.15, 0.2) is 0 Å². The van der Waals surface area contributed by atoms with Gasteiger partial charge in [-0.05, 0) is 56.9 Å². The third-order valence-electron chi connectivity index (χ3n) is 5.14. The van der Waals surface area contributed by atoms with Gasteiger partial charge in [0, 0.05) is 24.0 Å². The van der Waals surface area contributed by atoms with Gasteiger partial charge in [-0.15, -0.1) is 0 Å². The first-order chi connectivity index (χ1) is 14.2. The number of halogens is 1. The highest BCUT2D eigenvalue weighted by atomic mass is 35.5. The summed E-state index contributed by atoms with van der Waals surface area (Å²) in [6, 6.07) is 17.2. The molecule has 2 amide bonds. The molecular formula is C24H29ClN2O3. The number of carbonyl (C=O) groups excluding carboxylic acids is 2. The van der Waals surface area contributed by atoms with Crippen LogP contribution in [0.2, 0.25) is 5.02 Å².